The fourth-order valence-corrected chi connectivity index (χ4v) is 2.22. The first kappa shape index (κ1) is 14.7. The fourth-order valence-electron chi connectivity index (χ4n) is 2.22. The van der Waals surface area contributed by atoms with Crippen LogP contribution in [-0.4, -0.2) is 16.4 Å². The number of fused-ring (bicyclic) bond motifs is 1. The number of unbranched alkanes of at least 4 members (excludes halogenated alkanes) is 1. The Hall–Kier alpha value is -2.70. The van der Waals surface area contributed by atoms with Gasteiger partial charge in [0, 0.05) is 12.6 Å². The summed E-state index contributed by atoms with van der Waals surface area (Å²) in [5.74, 6) is 0. The second-order valence-corrected chi connectivity index (χ2v) is 4.63. The molecule has 2 aromatic rings. The van der Waals surface area contributed by atoms with E-state index < -0.39 is 9.85 Å². The van der Waals surface area contributed by atoms with Crippen LogP contribution in [0.1, 0.15) is 19.8 Å². The Balaban J connectivity index is 2.60. The summed E-state index contributed by atoms with van der Waals surface area (Å²) in [6.45, 7) is 2.65. The second-order valence-electron chi connectivity index (χ2n) is 4.63. The Morgan fingerprint density at radius 3 is 2.43 bits per heavy atom. The van der Waals surface area contributed by atoms with Gasteiger partial charge < -0.3 is 5.32 Å². The van der Waals surface area contributed by atoms with Crippen LogP contribution in [0.2, 0.25) is 0 Å². The molecular formula is C14H15N3O4. The second kappa shape index (κ2) is 6.17. The van der Waals surface area contributed by atoms with E-state index >= 15 is 0 Å². The molecule has 0 radical (unpaired) electrons. The highest BCUT2D eigenvalue weighted by Crippen LogP contribution is 2.37. The van der Waals surface area contributed by atoms with Crippen molar-refractivity contribution >= 4 is 27.8 Å². The number of hydrogen-bond acceptors (Lipinski definition) is 5. The lowest BCUT2D eigenvalue weighted by Crippen LogP contribution is -2.04. The fraction of sp³-hybridized carbons (Fsp3) is 0.286. The van der Waals surface area contributed by atoms with E-state index in [1.807, 2.05) is 6.92 Å². The highest BCUT2D eigenvalue weighted by Gasteiger charge is 2.22. The van der Waals surface area contributed by atoms with Gasteiger partial charge in [0.15, 0.2) is 0 Å². The average Bonchev–Trinajstić information content (AvgIpc) is 2.45. The molecule has 0 saturated carbocycles. The normalized spacial score (nSPS) is 10.5. The van der Waals surface area contributed by atoms with Crippen LogP contribution in [0.25, 0.3) is 10.8 Å². The minimum Gasteiger partial charge on any atom is -0.379 e. The molecule has 0 aliphatic rings. The maximum atomic E-state index is 11.3. The first-order valence-electron chi connectivity index (χ1n) is 6.64. The predicted octanol–water partition coefficient (Wildman–Crippen LogP) is 3.87. The van der Waals surface area contributed by atoms with Crippen molar-refractivity contribution in [2.45, 2.75) is 19.8 Å². The molecule has 0 spiro atoms. The van der Waals surface area contributed by atoms with Gasteiger partial charge in [-0.3, -0.25) is 20.2 Å². The van der Waals surface area contributed by atoms with Crippen LogP contribution in [0.5, 0.6) is 0 Å². The molecule has 0 saturated heterocycles. The van der Waals surface area contributed by atoms with E-state index in [0.29, 0.717) is 12.2 Å². The molecule has 2 aromatic carbocycles. The number of hydrogen-bond donors (Lipinski definition) is 1. The van der Waals surface area contributed by atoms with E-state index in [1.165, 1.54) is 24.3 Å². The molecule has 7 nitrogen and oxygen atoms in total. The number of nitro groups is 2. The molecule has 1 N–H and O–H groups in total. The summed E-state index contributed by atoms with van der Waals surface area (Å²) in [6, 6.07) is 7.42. The van der Waals surface area contributed by atoms with Crippen molar-refractivity contribution in [1.29, 1.82) is 0 Å². The van der Waals surface area contributed by atoms with Gasteiger partial charge in [-0.15, -0.1) is 0 Å². The number of rotatable bonds is 6. The SMILES string of the molecule is CCCCNc1ccc2c([N+](=O)[O-])cccc2c1[N+](=O)[O-]. The molecule has 0 aromatic heterocycles. The molecule has 0 aliphatic heterocycles. The van der Waals surface area contributed by atoms with E-state index in [1.54, 1.807) is 6.07 Å². The van der Waals surface area contributed by atoms with Crippen molar-refractivity contribution in [1.82, 2.24) is 0 Å². The molecule has 21 heavy (non-hydrogen) atoms. The number of benzene rings is 2. The molecule has 2 rings (SSSR count). The third kappa shape index (κ3) is 2.91. The van der Waals surface area contributed by atoms with Gasteiger partial charge in [0.1, 0.15) is 5.69 Å². The molecule has 0 unspecified atom stereocenters. The summed E-state index contributed by atoms with van der Waals surface area (Å²) in [7, 11) is 0. The molecule has 110 valence electrons. The standard InChI is InChI=1S/C14H15N3O4/c1-2-3-9-15-12-8-7-10-11(14(12)17(20)21)5-4-6-13(10)16(18)19/h4-8,15H,2-3,9H2,1H3. The Bertz CT molecular complexity index is 700. The van der Waals surface area contributed by atoms with E-state index in [-0.39, 0.29) is 22.1 Å². The number of nitro benzene ring substituents is 2. The summed E-state index contributed by atoms with van der Waals surface area (Å²) >= 11 is 0. The van der Waals surface area contributed by atoms with Crippen LogP contribution < -0.4 is 5.32 Å². The molecule has 0 atom stereocenters. The van der Waals surface area contributed by atoms with E-state index in [9.17, 15) is 20.2 Å². The van der Waals surface area contributed by atoms with Crippen LogP contribution in [0.4, 0.5) is 17.1 Å². The highest BCUT2D eigenvalue weighted by atomic mass is 16.6. The number of anilines is 1. The van der Waals surface area contributed by atoms with Crippen LogP contribution in [0.3, 0.4) is 0 Å². The van der Waals surface area contributed by atoms with E-state index in [0.717, 1.165) is 12.8 Å². The third-order valence-electron chi connectivity index (χ3n) is 3.24. The molecule has 0 fully saturated rings. The van der Waals surface area contributed by atoms with Gasteiger partial charge >= 0.3 is 0 Å². The van der Waals surface area contributed by atoms with Gasteiger partial charge in [0.2, 0.25) is 0 Å². The van der Waals surface area contributed by atoms with Crippen molar-refractivity contribution in [2.24, 2.45) is 0 Å². The zero-order valence-corrected chi connectivity index (χ0v) is 11.5. The Morgan fingerprint density at radius 2 is 1.81 bits per heavy atom. The summed E-state index contributed by atoms with van der Waals surface area (Å²) in [5, 5.41) is 25.9. The van der Waals surface area contributed by atoms with Gasteiger partial charge in [0.05, 0.1) is 20.6 Å². The van der Waals surface area contributed by atoms with Crippen molar-refractivity contribution in [3.63, 3.8) is 0 Å². The molecular weight excluding hydrogens is 274 g/mol. The summed E-state index contributed by atoms with van der Waals surface area (Å²) in [5.41, 5.74) is 0.143. The van der Waals surface area contributed by atoms with Gasteiger partial charge in [0.25, 0.3) is 11.4 Å². The Morgan fingerprint density at radius 1 is 1.05 bits per heavy atom. The van der Waals surface area contributed by atoms with Crippen LogP contribution >= 0.6 is 0 Å². The largest absolute Gasteiger partial charge is 0.379 e. The van der Waals surface area contributed by atoms with Gasteiger partial charge in [-0.1, -0.05) is 19.4 Å². The number of non-ortho nitro benzene ring substituents is 1. The lowest BCUT2D eigenvalue weighted by Gasteiger charge is -2.08. The quantitative estimate of drug-likeness (QED) is 0.494. The summed E-state index contributed by atoms with van der Waals surface area (Å²) < 4.78 is 0. The summed E-state index contributed by atoms with van der Waals surface area (Å²) in [6.07, 6.45) is 1.87. The van der Waals surface area contributed by atoms with Crippen molar-refractivity contribution < 1.29 is 9.85 Å². The van der Waals surface area contributed by atoms with Gasteiger partial charge in [-0.25, -0.2) is 0 Å². The topological polar surface area (TPSA) is 98.3 Å². The smallest absolute Gasteiger partial charge is 0.300 e. The monoisotopic (exact) mass is 289 g/mol. The van der Waals surface area contributed by atoms with Gasteiger partial charge in [-0.05, 0) is 24.6 Å². The molecule has 7 heteroatoms. The highest BCUT2D eigenvalue weighted by molar-refractivity contribution is 6.01. The lowest BCUT2D eigenvalue weighted by atomic mass is 10.1. The minimum absolute atomic E-state index is 0.118. The molecule has 0 aliphatic carbocycles. The zero-order chi connectivity index (χ0) is 15.4. The zero-order valence-electron chi connectivity index (χ0n) is 11.5. The average molecular weight is 289 g/mol. The Kier molecular flexibility index (Phi) is 4.32. The molecule has 0 heterocycles. The van der Waals surface area contributed by atoms with Crippen LogP contribution in [0, 0.1) is 20.2 Å². The van der Waals surface area contributed by atoms with Crippen molar-refractivity contribution in [3.05, 3.63) is 50.6 Å². The molecule has 0 bridgehead atoms. The lowest BCUT2D eigenvalue weighted by molar-refractivity contribution is -0.384. The first-order valence-corrected chi connectivity index (χ1v) is 6.64. The maximum Gasteiger partial charge on any atom is 0.300 e. The third-order valence-corrected chi connectivity index (χ3v) is 3.24. The van der Waals surface area contributed by atoms with E-state index in [2.05, 4.69) is 5.32 Å². The van der Waals surface area contributed by atoms with Gasteiger partial charge in [-0.2, -0.15) is 0 Å². The Labute approximate surface area is 120 Å². The van der Waals surface area contributed by atoms with E-state index in [4.69, 9.17) is 0 Å². The van der Waals surface area contributed by atoms with Crippen LogP contribution in [0.15, 0.2) is 30.3 Å². The maximum absolute atomic E-state index is 11.3. The predicted molar refractivity (Wildman–Crippen MR) is 80.7 cm³/mol. The molecule has 0 amide bonds. The number of nitrogens with one attached hydrogen (secondary N) is 1. The first-order chi connectivity index (χ1) is 10.1. The van der Waals surface area contributed by atoms with Crippen molar-refractivity contribution in [2.75, 3.05) is 11.9 Å². The van der Waals surface area contributed by atoms with Crippen molar-refractivity contribution in [3.8, 4) is 0 Å². The van der Waals surface area contributed by atoms with Crippen LogP contribution in [-0.2, 0) is 0 Å². The number of nitrogens with zero attached hydrogens (tertiary/aromatic N) is 2. The minimum atomic E-state index is -0.532. The summed E-state index contributed by atoms with van der Waals surface area (Å²) in [4.78, 5) is 21.3.